The van der Waals surface area contributed by atoms with Gasteiger partial charge in [-0.3, -0.25) is 9.59 Å². The zero-order valence-corrected chi connectivity index (χ0v) is 18.8. The van der Waals surface area contributed by atoms with E-state index >= 15 is 0 Å². The molecule has 172 valence electrons. The fraction of sp³-hybridized carbons (Fsp3) is 0.417. The molecule has 2 aromatic rings. The van der Waals surface area contributed by atoms with E-state index in [1.165, 1.54) is 0 Å². The minimum Gasteiger partial charge on any atom is -0.493 e. The lowest BCUT2D eigenvalue weighted by Gasteiger charge is -2.17. The van der Waals surface area contributed by atoms with Gasteiger partial charge in [0.1, 0.15) is 12.4 Å². The number of carbonyl (C=O) groups excluding carboxylic acids is 2. The van der Waals surface area contributed by atoms with Crippen LogP contribution in [0.1, 0.15) is 12.0 Å². The number of carbonyl (C=O) groups is 2. The second kappa shape index (κ2) is 11.4. The van der Waals surface area contributed by atoms with Gasteiger partial charge in [0.15, 0.2) is 11.5 Å². The Morgan fingerprint density at radius 1 is 1.03 bits per heavy atom. The summed E-state index contributed by atoms with van der Waals surface area (Å²) in [5.74, 6) is 1.50. The summed E-state index contributed by atoms with van der Waals surface area (Å²) in [5, 5.41) is 2.89. The van der Waals surface area contributed by atoms with Gasteiger partial charge in [0.25, 0.3) is 0 Å². The Hall–Kier alpha value is -3.26. The standard InChI is InChI=1S/C24H30N2O6/c1-29-12-13-32-20-7-5-19(6-8-20)25-24(28)18-15-23(27)26(16-18)11-10-17-4-9-21(30-2)22(14-17)31-3/h4-9,14,18H,10-13,15-16H2,1-3H3,(H,25,28). The van der Waals surface area contributed by atoms with Crippen LogP contribution in [0.4, 0.5) is 5.69 Å². The second-order valence-electron chi connectivity index (χ2n) is 7.54. The molecule has 8 heteroatoms. The topological polar surface area (TPSA) is 86.3 Å². The Morgan fingerprint density at radius 2 is 1.78 bits per heavy atom. The van der Waals surface area contributed by atoms with Crippen LogP contribution < -0.4 is 19.5 Å². The molecule has 1 fully saturated rings. The van der Waals surface area contributed by atoms with Crippen molar-refractivity contribution < 1.29 is 28.5 Å². The highest BCUT2D eigenvalue weighted by Crippen LogP contribution is 2.28. The summed E-state index contributed by atoms with van der Waals surface area (Å²) in [6.07, 6.45) is 0.890. The van der Waals surface area contributed by atoms with Crippen molar-refractivity contribution in [3.05, 3.63) is 48.0 Å². The summed E-state index contributed by atoms with van der Waals surface area (Å²) in [5.41, 5.74) is 1.71. The molecule has 8 nitrogen and oxygen atoms in total. The molecule has 1 heterocycles. The minimum atomic E-state index is -0.370. The number of nitrogens with one attached hydrogen (secondary N) is 1. The number of hydrogen-bond donors (Lipinski definition) is 1. The van der Waals surface area contributed by atoms with Crippen molar-refractivity contribution >= 4 is 17.5 Å². The van der Waals surface area contributed by atoms with Crippen molar-refractivity contribution in [2.24, 2.45) is 5.92 Å². The number of benzene rings is 2. The van der Waals surface area contributed by atoms with Crippen molar-refractivity contribution in [1.82, 2.24) is 4.90 Å². The lowest BCUT2D eigenvalue weighted by molar-refractivity contribution is -0.128. The summed E-state index contributed by atoms with van der Waals surface area (Å²) >= 11 is 0. The van der Waals surface area contributed by atoms with Crippen molar-refractivity contribution in [2.75, 3.05) is 52.9 Å². The first-order valence-corrected chi connectivity index (χ1v) is 10.6. The van der Waals surface area contributed by atoms with Gasteiger partial charge in [-0.25, -0.2) is 0 Å². The van der Waals surface area contributed by atoms with Crippen molar-refractivity contribution in [2.45, 2.75) is 12.8 Å². The molecule has 2 aromatic carbocycles. The Kier molecular flexibility index (Phi) is 8.33. The summed E-state index contributed by atoms with van der Waals surface area (Å²) in [6, 6.07) is 12.9. The van der Waals surface area contributed by atoms with E-state index in [0.29, 0.717) is 55.7 Å². The van der Waals surface area contributed by atoms with Crippen LogP contribution in [0.3, 0.4) is 0 Å². The predicted octanol–water partition coefficient (Wildman–Crippen LogP) is 2.76. The lowest BCUT2D eigenvalue weighted by atomic mass is 10.1. The van der Waals surface area contributed by atoms with Crippen LogP contribution in [0.15, 0.2) is 42.5 Å². The van der Waals surface area contributed by atoms with Gasteiger partial charge in [-0.2, -0.15) is 0 Å². The van der Waals surface area contributed by atoms with Crippen LogP contribution >= 0.6 is 0 Å². The Morgan fingerprint density at radius 3 is 2.47 bits per heavy atom. The van der Waals surface area contributed by atoms with E-state index in [-0.39, 0.29) is 24.2 Å². The third-order valence-corrected chi connectivity index (χ3v) is 5.38. The molecule has 1 aliphatic heterocycles. The first kappa shape index (κ1) is 23.4. The van der Waals surface area contributed by atoms with E-state index in [1.807, 2.05) is 18.2 Å². The maximum Gasteiger partial charge on any atom is 0.229 e. The third-order valence-electron chi connectivity index (χ3n) is 5.38. The van der Waals surface area contributed by atoms with Gasteiger partial charge in [0.05, 0.1) is 26.7 Å². The van der Waals surface area contributed by atoms with Gasteiger partial charge in [-0.15, -0.1) is 0 Å². The van der Waals surface area contributed by atoms with Crippen LogP contribution in [0, 0.1) is 5.92 Å². The predicted molar refractivity (Wildman–Crippen MR) is 120 cm³/mol. The van der Waals surface area contributed by atoms with Gasteiger partial charge >= 0.3 is 0 Å². The summed E-state index contributed by atoms with van der Waals surface area (Å²) in [4.78, 5) is 26.8. The molecule has 1 atom stereocenters. The Bertz CT molecular complexity index is 915. The fourth-order valence-electron chi connectivity index (χ4n) is 3.59. The average molecular weight is 443 g/mol. The van der Waals surface area contributed by atoms with Crippen LogP contribution in [0.5, 0.6) is 17.2 Å². The Labute approximate surface area is 188 Å². The number of methoxy groups -OCH3 is 3. The van der Waals surface area contributed by atoms with E-state index in [4.69, 9.17) is 18.9 Å². The summed E-state index contributed by atoms with van der Waals surface area (Å²) in [6.45, 7) is 1.93. The van der Waals surface area contributed by atoms with E-state index in [0.717, 1.165) is 5.56 Å². The molecule has 1 N–H and O–H groups in total. The van der Waals surface area contributed by atoms with Crippen molar-refractivity contribution in [1.29, 1.82) is 0 Å². The molecular weight excluding hydrogens is 412 g/mol. The number of likely N-dealkylation sites (tertiary alicyclic amines) is 1. The highest BCUT2D eigenvalue weighted by atomic mass is 16.5. The zero-order valence-electron chi connectivity index (χ0n) is 18.8. The maximum atomic E-state index is 12.7. The number of amides is 2. The molecule has 0 aliphatic carbocycles. The molecule has 32 heavy (non-hydrogen) atoms. The van der Waals surface area contributed by atoms with Crippen LogP contribution in [0.2, 0.25) is 0 Å². The van der Waals surface area contributed by atoms with E-state index in [1.54, 1.807) is 50.5 Å². The molecule has 3 rings (SSSR count). The first-order valence-electron chi connectivity index (χ1n) is 10.6. The second-order valence-corrected chi connectivity index (χ2v) is 7.54. The fourth-order valence-corrected chi connectivity index (χ4v) is 3.59. The van der Waals surface area contributed by atoms with Gasteiger partial charge in [0.2, 0.25) is 11.8 Å². The quantitative estimate of drug-likeness (QED) is 0.539. The average Bonchev–Trinajstić information content (AvgIpc) is 3.19. The number of ether oxygens (including phenoxy) is 4. The van der Waals surface area contributed by atoms with Crippen LogP contribution in [0.25, 0.3) is 0 Å². The Balaban J connectivity index is 1.50. The molecule has 0 aromatic heterocycles. The molecular formula is C24H30N2O6. The van der Waals surface area contributed by atoms with E-state index in [2.05, 4.69) is 5.32 Å². The SMILES string of the molecule is COCCOc1ccc(NC(=O)C2CC(=O)N(CCc3ccc(OC)c(OC)c3)C2)cc1. The number of anilines is 1. The molecule has 0 saturated carbocycles. The number of hydrogen-bond acceptors (Lipinski definition) is 6. The van der Waals surface area contributed by atoms with Gasteiger partial charge in [-0.05, 0) is 48.4 Å². The minimum absolute atomic E-state index is 0.00693. The van der Waals surface area contributed by atoms with Crippen molar-refractivity contribution in [3.8, 4) is 17.2 Å². The molecule has 1 aliphatic rings. The normalized spacial score (nSPS) is 15.5. The van der Waals surface area contributed by atoms with Crippen LogP contribution in [-0.4, -0.2) is 64.3 Å². The highest BCUT2D eigenvalue weighted by molar-refractivity contribution is 5.97. The largest absolute Gasteiger partial charge is 0.493 e. The zero-order chi connectivity index (χ0) is 22.9. The first-order chi connectivity index (χ1) is 15.5. The number of nitrogens with zero attached hydrogens (tertiary/aromatic N) is 1. The summed E-state index contributed by atoms with van der Waals surface area (Å²) < 4.78 is 21.1. The van der Waals surface area contributed by atoms with Crippen molar-refractivity contribution in [3.63, 3.8) is 0 Å². The van der Waals surface area contributed by atoms with E-state index in [9.17, 15) is 9.59 Å². The molecule has 0 radical (unpaired) electrons. The number of rotatable bonds is 11. The highest BCUT2D eigenvalue weighted by Gasteiger charge is 2.34. The lowest BCUT2D eigenvalue weighted by Crippen LogP contribution is -2.30. The van der Waals surface area contributed by atoms with E-state index < -0.39 is 0 Å². The molecule has 2 amide bonds. The smallest absolute Gasteiger partial charge is 0.229 e. The van der Waals surface area contributed by atoms with Crippen LogP contribution in [-0.2, 0) is 20.7 Å². The molecule has 1 unspecified atom stereocenters. The third kappa shape index (κ3) is 6.13. The van der Waals surface area contributed by atoms with Gasteiger partial charge < -0.3 is 29.2 Å². The maximum absolute atomic E-state index is 12.7. The van der Waals surface area contributed by atoms with Gasteiger partial charge in [-0.1, -0.05) is 6.07 Å². The summed E-state index contributed by atoms with van der Waals surface area (Å²) in [7, 11) is 4.81. The van der Waals surface area contributed by atoms with Gasteiger partial charge in [0, 0.05) is 32.3 Å². The monoisotopic (exact) mass is 442 g/mol. The molecule has 0 spiro atoms. The molecule has 1 saturated heterocycles. The molecule has 0 bridgehead atoms.